The molecule has 3 atom stereocenters. The van der Waals surface area contributed by atoms with E-state index < -0.39 is 18.1 Å². The number of aromatic nitrogens is 3. The van der Waals surface area contributed by atoms with Crippen molar-refractivity contribution in [2.24, 2.45) is 11.0 Å². The molecule has 2 aromatic rings. The van der Waals surface area contributed by atoms with Gasteiger partial charge in [0.1, 0.15) is 24.7 Å². The molecule has 35 heavy (non-hydrogen) atoms. The highest BCUT2D eigenvalue weighted by Gasteiger charge is 2.38. The van der Waals surface area contributed by atoms with Gasteiger partial charge in [-0.25, -0.2) is 20.5 Å². The molecule has 0 radical (unpaired) electrons. The molecule has 2 amide bonds. The first-order valence-electron chi connectivity index (χ1n) is 11.6. The number of nitrogens with zero attached hydrogens (tertiary/aromatic N) is 5. The van der Waals surface area contributed by atoms with Crippen LogP contribution in [0.5, 0.6) is 0 Å². The fourth-order valence-electron chi connectivity index (χ4n) is 4.03. The van der Waals surface area contributed by atoms with Crippen LogP contribution in [0.2, 0.25) is 0 Å². The second kappa shape index (κ2) is 12.1. The van der Waals surface area contributed by atoms with Crippen LogP contribution in [0, 0.1) is 11.4 Å². The van der Waals surface area contributed by atoms with Crippen molar-refractivity contribution in [3.8, 4) is 11.4 Å². The Labute approximate surface area is 204 Å². The molecule has 1 aromatic carbocycles. The number of nitrogens with one attached hydrogen (secondary N) is 3. The number of amides is 2. The summed E-state index contributed by atoms with van der Waals surface area (Å²) in [4.78, 5) is 40.1. The van der Waals surface area contributed by atoms with Crippen LogP contribution in [0.3, 0.4) is 0 Å². The Balaban J connectivity index is 1.70. The number of aliphatic hydroxyl groups excluding tert-OH is 1. The Hall–Kier alpha value is -3.73. The number of benzene rings is 1. The summed E-state index contributed by atoms with van der Waals surface area (Å²) in [5, 5.41) is 19.3. The van der Waals surface area contributed by atoms with Crippen LogP contribution in [0.15, 0.2) is 53.9 Å². The third kappa shape index (κ3) is 6.44. The smallest absolute Gasteiger partial charge is 0.245 e. The van der Waals surface area contributed by atoms with E-state index in [1.165, 1.54) is 12.7 Å². The van der Waals surface area contributed by atoms with E-state index in [2.05, 4.69) is 30.7 Å². The normalized spacial score (nSPS) is 17.7. The zero-order valence-electron chi connectivity index (χ0n) is 20.2. The molecule has 0 spiro atoms. The van der Waals surface area contributed by atoms with Crippen molar-refractivity contribution in [2.45, 2.75) is 51.7 Å². The van der Waals surface area contributed by atoms with Crippen LogP contribution in [0.4, 0.5) is 0 Å². The summed E-state index contributed by atoms with van der Waals surface area (Å²) >= 11 is 0. The fraction of sp³-hybridized carbons (Fsp3) is 0.458. The van der Waals surface area contributed by atoms with Gasteiger partial charge in [0, 0.05) is 18.3 Å². The van der Waals surface area contributed by atoms with E-state index in [-0.39, 0.29) is 24.3 Å². The van der Waals surface area contributed by atoms with Crippen molar-refractivity contribution >= 4 is 11.8 Å². The van der Waals surface area contributed by atoms with Crippen LogP contribution in [0.1, 0.15) is 45.2 Å². The molecule has 0 unspecified atom stereocenters. The van der Waals surface area contributed by atoms with Crippen LogP contribution in [-0.4, -0.2) is 62.0 Å². The van der Waals surface area contributed by atoms with E-state index in [0.717, 1.165) is 17.5 Å². The van der Waals surface area contributed by atoms with Gasteiger partial charge in [-0.3, -0.25) is 9.59 Å². The van der Waals surface area contributed by atoms with Gasteiger partial charge < -0.3 is 20.6 Å². The lowest BCUT2D eigenvalue weighted by Gasteiger charge is -2.31. The first kappa shape index (κ1) is 25.9. The van der Waals surface area contributed by atoms with E-state index in [4.69, 9.17) is 5.53 Å². The Morgan fingerprint density at radius 1 is 1.26 bits per heavy atom. The van der Waals surface area contributed by atoms with Gasteiger partial charge in [0.2, 0.25) is 11.8 Å². The second-order valence-corrected chi connectivity index (χ2v) is 8.80. The molecule has 0 aliphatic carbocycles. The Bertz CT molecular complexity index is 1040. The maximum absolute atomic E-state index is 13.3. The van der Waals surface area contributed by atoms with E-state index in [9.17, 15) is 14.7 Å². The SMILES string of the molecule is C/C(=C/N[C@H](C(=O)N1CCC[C@H]1C(=O)N[C@@H](CO)c1ccc(-c2ncncn2)cc1)C(C)C)N=N. The molecular formula is C24H32N8O3. The summed E-state index contributed by atoms with van der Waals surface area (Å²) < 4.78 is 0. The maximum Gasteiger partial charge on any atom is 0.245 e. The highest BCUT2D eigenvalue weighted by atomic mass is 16.3. The molecule has 1 aliphatic rings. The summed E-state index contributed by atoms with van der Waals surface area (Å²) in [5.74, 6) is 0.0291. The number of hydrogen-bond acceptors (Lipinski definition) is 9. The molecule has 1 fully saturated rings. The predicted molar refractivity (Wildman–Crippen MR) is 129 cm³/mol. The number of carbonyl (C=O) groups excluding carboxylic acids is 2. The van der Waals surface area contributed by atoms with Crippen LogP contribution in [-0.2, 0) is 9.59 Å². The summed E-state index contributed by atoms with van der Waals surface area (Å²) in [6.07, 6.45) is 5.65. The molecule has 1 aromatic heterocycles. The Kier molecular flexibility index (Phi) is 8.96. The molecule has 0 saturated carbocycles. The van der Waals surface area contributed by atoms with Gasteiger partial charge in [0.15, 0.2) is 5.82 Å². The highest BCUT2D eigenvalue weighted by molar-refractivity contribution is 5.90. The lowest BCUT2D eigenvalue weighted by atomic mass is 10.0. The van der Waals surface area contributed by atoms with Gasteiger partial charge in [-0.2, -0.15) is 5.11 Å². The summed E-state index contributed by atoms with van der Waals surface area (Å²) in [6.45, 7) is 5.71. The molecule has 4 N–H and O–H groups in total. The molecule has 186 valence electrons. The van der Waals surface area contributed by atoms with Crippen molar-refractivity contribution < 1.29 is 14.7 Å². The van der Waals surface area contributed by atoms with E-state index in [0.29, 0.717) is 24.5 Å². The minimum atomic E-state index is -0.616. The van der Waals surface area contributed by atoms with Crippen molar-refractivity contribution in [3.63, 3.8) is 0 Å². The molecule has 0 bridgehead atoms. The zero-order chi connectivity index (χ0) is 25.4. The van der Waals surface area contributed by atoms with Crippen LogP contribution >= 0.6 is 0 Å². The average Bonchev–Trinajstić information content (AvgIpc) is 3.37. The minimum Gasteiger partial charge on any atom is -0.394 e. The summed E-state index contributed by atoms with van der Waals surface area (Å²) in [6, 6.07) is 5.48. The third-order valence-corrected chi connectivity index (χ3v) is 5.98. The van der Waals surface area contributed by atoms with Gasteiger partial charge in [-0.1, -0.05) is 38.1 Å². The van der Waals surface area contributed by atoms with Crippen molar-refractivity contribution in [3.05, 3.63) is 54.4 Å². The fourth-order valence-corrected chi connectivity index (χ4v) is 4.03. The van der Waals surface area contributed by atoms with Gasteiger partial charge in [-0.15, -0.1) is 0 Å². The third-order valence-electron chi connectivity index (χ3n) is 5.98. The molecule has 11 heteroatoms. The minimum absolute atomic E-state index is 0.0327. The molecule has 11 nitrogen and oxygen atoms in total. The van der Waals surface area contributed by atoms with Gasteiger partial charge in [0.05, 0.1) is 18.3 Å². The quantitative estimate of drug-likeness (QED) is 0.380. The standard InChI is InChI=1S/C24H32N8O3/c1-15(2)21(27-11-16(3)31-25)24(35)32-10-4-5-20(32)23(34)30-19(12-33)17-6-8-18(9-7-17)22-28-13-26-14-29-22/h6-9,11,13-15,19-21,25,27,33H,4-5,10,12H2,1-3H3,(H,30,34)/b16-11-,31-25?/t19-,20-,21-/m0/s1. The lowest BCUT2D eigenvalue weighted by Crippen LogP contribution is -2.53. The lowest BCUT2D eigenvalue weighted by molar-refractivity contribution is -0.141. The Morgan fingerprint density at radius 2 is 1.94 bits per heavy atom. The van der Waals surface area contributed by atoms with E-state index in [1.807, 2.05) is 38.1 Å². The number of allylic oxidation sites excluding steroid dienone is 1. The highest BCUT2D eigenvalue weighted by Crippen LogP contribution is 2.23. The van der Waals surface area contributed by atoms with Crippen molar-refractivity contribution in [1.29, 1.82) is 5.53 Å². The zero-order valence-corrected chi connectivity index (χ0v) is 20.2. The van der Waals surface area contributed by atoms with E-state index in [1.54, 1.807) is 18.0 Å². The molecular weight excluding hydrogens is 448 g/mol. The van der Waals surface area contributed by atoms with Crippen LogP contribution in [0.25, 0.3) is 11.4 Å². The Morgan fingerprint density at radius 3 is 2.54 bits per heavy atom. The first-order chi connectivity index (χ1) is 16.8. The molecule has 3 rings (SSSR count). The van der Waals surface area contributed by atoms with Crippen LogP contribution < -0.4 is 10.6 Å². The number of aliphatic hydroxyl groups is 1. The average molecular weight is 481 g/mol. The van der Waals surface area contributed by atoms with Crippen molar-refractivity contribution in [2.75, 3.05) is 13.2 Å². The second-order valence-electron chi connectivity index (χ2n) is 8.80. The number of hydrogen-bond donors (Lipinski definition) is 4. The molecule has 2 heterocycles. The first-order valence-corrected chi connectivity index (χ1v) is 11.6. The van der Waals surface area contributed by atoms with E-state index >= 15 is 0 Å². The predicted octanol–water partition coefficient (Wildman–Crippen LogP) is 2.19. The largest absolute Gasteiger partial charge is 0.394 e. The van der Waals surface area contributed by atoms with Crippen molar-refractivity contribution in [1.82, 2.24) is 30.5 Å². The summed E-state index contributed by atoms with van der Waals surface area (Å²) in [7, 11) is 0. The van der Waals surface area contributed by atoms with Gasteiger partial charge in [0.25, 0.3) is 0 Å². The maximum atomic E-state index is 13.3. The van der Waals surface area contributed by atoms with Gasteiger partial charge >= 0.3 is 0 Å². The summed E-state index contributed by atoms with van der Waals surface area (Å²) in [5.41, 5.74) is 9.05. The molecule has 1 aliphatic heterocycles. The topological polar surface area (TPSA) is 157 Å². The number of likely N-dealkylation sites (tertiary alicyclic amines) is 1. The number of carbonyl (C=O) groups is 2. The number of rotatable bonds is 10. The van der Waals surface area contributed by atoms with Gasteiger partial charge in [-0.05, 0) is 31.2 Å². The molecule has 1 saturated heterocycles. The monoisotopic (exact) mass is 480 g/mol.